The van der Waals surface area contributed by atoms with Crippen molar-refractivity contribution in [3.63, 3.8) is 0 Å². The lowest BCUT2D eigenvalue weighted by Crippen LogP contribution is -2.43. The van der Waals surface area contributed by atoms with Gasteiger partial charge in [0.15, 0.2) is 0 Å². The summed E-state index contributed by atoms with van der Waals surface area (Å²) in [6, 6.07) is 6.69. The van der Waals surface area contributed by atoms with Crippen LogP contribution in [0, 0.1) is 0 Å². The number of hydrogen-bond donors (Lipinski definition) is 2. The normalized spacial score (nSPS) is 12.2. The number of carboxylic acid groups (broad SMARTS) is 1. The van der Waals surface area contributed by atoms with Gasteiger partial charge >= 0.3 is 5.97 Å². The summed E-state index contributed by atoms with van der Waals surface area (Å²) in [6.45, 7) is 0.396. The average Bonchev–Trinajstić information content (AvgIpc) is 2.26. The summed E-state index contributed by atoms with van der Waals surface area (Å²) >= 11 is 5.77. The van der Waals surface area contributed by atoms with Gasteiger partial charge in [-0.2, -0.15) is 0 Å². The molecule has 0 fully saturated rings. The summed E-state index contributed by atoms with van der Waals surface area (Å²) in [7, 11) is 3.48. The zero-order chi connectivity index (χ0) is 12.1. The Morgan fingerprint density at radius 2 is 2.06 bits per heavy atom. The Labute approximate surface area is 99.8 Å². The van der Waals surface area contributed by atoms with Gasteiger partial charge in [0.1, 0.15) is 6.04 Å². The number of carbonyl (C=O) groups is 1. The van der Waals surface area contributed by atoms with E-state index >= 15 is 0 Å². The number of nitrogens with one attached hydrogen (secondary N) is 1. The highest BCUT2D eigenvalue weighted by Crippen LogP contribution is 2.16. The lowest BCUT2D eigenvalue weighted by atomic mass is 10.2. The van der Waals surface area contributed by atoms with Gasteiger partial charge in [0, 0.05) is 24.3 Å². The molecule has 0 spiro atoms. The third kappa shape index (κ3) is 3.40. The van der Waals surface area contributed by atoms with E-state index in [2.05, 4.69) is 5.32 Å². The Morgan fingerprint density at radius 1 is 1.50 bits per heavy atom. The molecule has 0 aliphatic rings. The monoisotopic (exact) mass is 242 g/mol. The lowest BCUT2D eigenvalue weighted by Gasteiger charge is -2.23. The Hall–Kier alpha value is -1.26. The third-order valence-corrected chi connectivity index (χ3v) is 2.62. The highest BCUT2D eigenvalue weighted by Gasteiger charge is 2.17. The summed E-state index contributed by atoms with van der Waals surface area (Å²) in [6.07, 6.45) is 0. The second kappa shape index (κ2) is 5.72. The molecular formula is C11H15ClN2O2. The van der Waals surface area contributed by atoms with Crippen LogP contribution in [0.2, 0.25) is 5.02 Å². The van der Waals surface area contributed by atoms with Crippen molar-refractivity contribution in [3.8, 4) is 0 Å². The van der Waals surface area contributed by atoms with Crippen LogP contribution in [-0.2, 0) is 4.79 Å². The minimum atomic E-state index is -0.858. The molecular weight excluding hydrogens is 228 g/mol. The van der Waals surface area contributed by atoms with Crippen molar-refractivity contribution in [2.24, 2.45) is 0 Å². The number of nitrogens with zero attached hydrogens (tertiary/aromatic N) is 1. The van der Waals surface area contributed by atoms with Crippen LogP contribution in [0.4, 0.5) is 5.69 Å². The molecule has 0 saturated heterocycles. The lowest BCUT2D eigenvalue weighted by molar-refractivity contribution is -0.139. The Morgan fingerprint density at radius 3 is 2.50 bits per heavy atom. The van der Waals surface area contributed by atoms with Gasteiger partial charge in [0.2, 0.25) is 0 Å². The SMILES string of the molecule is CNC(CN(C)c1ccc(Cl)cc1)C(=O)O. The molecule has 1 unspecified atom stereocenters. The van der Waals surface area contributed by atoms with E-state index in [1.54, 1.807) is 19.2 Å². The molecule has 0 aromatic heterocycles. The van der Waals surface area contributed by atoms with E-state index in [0.29, 0.717) is 11.6 Å². The second-order valence-corrected chi connectivity index (χ2v) is 3.97. The highest BCUT2D eigenvalue weighted by molar-refractivity contribution is 6.30. The number of halogens is 1. The fraction of sp³-hybridized carbons (Fsp3) is 0.364. The fourth-order valence-electron chi connectivity index (χ4n) is 1.37. The summed E-state index contributed by atoms with van der Waals surface area (Å²) in [5.74, 6) is -0.858. The summed E-state index contributed by atoms with van der Waals surface area (Å²) in [4.78, 5) is 12.7. The quantitative estimate of drug-likeness (QED) is 0.821. The van der Waals surface area contributed by atoms with Crippen molar-refractivity contribution in [1.29, 1.82) is 0 Å². The number of anilines is 1. The average molecular weight is 243 g/mol. The van der Waals surface area contributed by atoms with Crippen LogP contribution in [0.3, 0.4) is 0 Å². The minimum absolute atomic E-state index is 0.396. The van der Waals surface area contributed by atoms with Gasteiger partial charge < -0.3 is 15.3 Å². The van der Waals surface area contributed by atoms with Crippen LogP contribution < -0.4 is 10.2 Å². The first-order valence-corrected chi connectivity index (χ1v) is 5.29. The van der Waals surface area contributed by atoms with Gasteiger partial charge in [0.25, 0.3) is 0 Å². The van der Waals surface area contributed by atoms with Crippen LogP contribution >= 0.6 is 11.6 Å². The van der Waals surface area contributed by atoms with Gasteiger partial charge in [0.05, 0.1) is 0 Å². The van der Waals surface area contributed by atoms with Crippen molar-refractivity contribution in [2.45, 2.75) is 6.04 Å². The van der Waals surface area contributed by atoms with Crippen molar-refractivity contribution in [3.05, 3.63) is 29.3 Å². The maximum absolute atomic E-state index is 10.8. The molecule has 0 aliphatic heterocycles. The molecule has 1 aromatic rings. The zero-order valence-electron chi connectivity index (χ0n) is 9.27. The summed E-state index contributed by atoms with van der Waals surface area (Å²) in [5, 5.41) is 12.3. The number of hydrogen-bond acceptors (Lipinski definition) is 3. The van der Waals surface area contributed by atoms with Crippen molar-refractivity contribution in [2.75, 3.05) is 25.5 Å². The number of likely N-dealkylation sites (N-methyl/N-ethyl adjacent to an activating group) is 2. The van der Waals surface area contributed by atoms with Gasteiger partial charge in [-0.05, 0) is 31.3 Å². The molecule has 1 aromatic carbocycles. The summed E-state index contributed by atoms with van der Waals surface area (Å²) < 4.78 is 0. The van der Waals surface area contributed by atoms with Crippen LogP contribution in [0.1, 0.15) is 0 Å². The van der Waals surface area contributed by atoms with Crippen molar-refractivity contribution >= 4 is 23.3 Å². The molecule has 0 heterocycles. The largest absolute Gasteiger partial charge is 0.480 e. The predicted molar refractivity (Wildman–Crippen MR) is 65.2 cm³/mol. The van der Waals surface area contributed by atoms with Crippen molar-refractivity contribution < 1.29 is 9.90 Å². The minimum Gasteiger partial charge on any atom is -0.480 e. The molecule has 0 amide bonds. The molecule has 1 rings (SSSR count). The molecule has 16 heavy (non-hydrogen) atoms. The molecule has 4 nitrogen and oxygen atoms in total. The van der Waals surface area contributed by atoms with Gasteiger partial charge in [-0.1, -0.05) is 11.6 Å². The standard InChI is InChI=1S/C11H15ClN2O2/c1-13-10(11(15)16)7-14(2)9-5-3-8(12)4-6-9/h3-6,10,13H,7H2,1-2H3,(H,15,16). The molecule has 2 N–H and O–H groups in total. The smallest absolute Gasteiger partial charge is 0.322 e. The Balaban J connectivity index is 2.67. The molecule has 0 bridgehead atoms. The Kier molecular flexibility index (Phi) is 4.58. The van der Waals surface area contributed by atoms with Gasteiger partial charge in [-0.15, -0.1) is 0 Å². The maximum Gasteiger partial charge on any atom is 0.322 e. The van der Waals surface area contributed by atoms with E-state index in [0.717, 1.165) is 5.69 Å². The van der Waals surface area contributed by atoms with E-state index in [1.165, 1.54) is 0 Å². The number of benzene rings is 1. The van der Waals surface area contributed by atoms with E-state index in [4.69, 9.17) is 16.7 Å². The molecule has 0 aliphatic carbocycles. The summed E-state index contributed by atoms with van der Waals surface area (Å²) in [5.41, 5.74) is 0.936. The first kappa shape index (κ1) is 12.8. The molecule has 5 heteroatoms. The molecule has 1 atom stereocenters. The third-order valence-electron chi connectivity index (χ3n) is 2.37. The number of rotatable bonds is 5. The zero-order valence-corrected chi connectivity index (χ0v) is 10.0. The van der Waals surface area contributed by atoms with E-state index in [1.807, 2.05) is 24.1 Å². The van der Waals surface area contributed by atoms with E-state index < -0.39 is 12.0 Å². The molecule has 0 radical (unpaired) electrons. The second-order valence-electron chi connectivity index (χ2n) is 3.54. The molecule has 0 saturated carbocycles. The Bertz CT molecular complexity index is 354. The van der Waals surface area contributed by atoms with E-state index in [-0.39, 0.29) is 0 Å². The maximum atomic E-state index is 10.8. The van der Waals surface area contributed by atoms with Crippen LogP contribution in [-0.4, -0.2) is 37.8 Å². The van der Waals surface area contributed by atoms with Gasteiger partial charge in [-0.3, -0.25) is 4.79 Å². The van der Waals surface area contributed by atoms with Crippen LogP contribution in [0.25, 0.3) is 0 Å². The predicted octanol–water partition coefficient (Wildman–Crippen LogP) is 1.45. The molecule has 88 valence electrons. The first-order valence-electron chi connectivity index (χ1n) is 4.91. The number of aliphatic carboxylic acids is 1. The highest BCUT2D eigenvalue weighted by atomic mass is 35.5. The van der Waals surface area contributed by atoms with E-state index in [9.17, 15) is 4.79 Å². The van der Waals surface area contributed by atoms with Crippen molar-refractivity contribution in [1.82, 2.24) is 5.32 Å². The number of carboxylic acids is 1. The van der Waals surface area contributed by atoms with Gasteiger partial charge in [-0.25, -0.2) is 0 Å². The first-order chi connectivity index (χ1) is 7.54. The van der Waals surface area contributed by atoms with Crippen LogP contribution in [0.15, 0.2) is 24.3 Å². The topological polar surface area (TPSA) is 52.6 Å². The van der Waals surface area contributed by atoms with Crippen LogP contribution in [0.5, 0.6) is 0 Å². The fourth-order valence-corrected chi connectivity index (χ4v) is 1.49.